The number of hydrogen-bond donors (Lipinski definition) is 0. The summed E-state index contributed by atoms with van der Waals surface area (Å²) < 4.78 is 41.3. The van der Waals surface area contributed by atoms with Gasteiger partial charge in [-0.1, -0.05) is 42.5 Å². The van der Waals surface area contributed by atoms with E-state index < -0.39 is 12.6 Å². The molecule has 0 radical (unpaired) electrons. The Morgan fingerprint density at radius 1 is 0.971 bits per heavy atom. The van der Waals surface area contributed by atoms with Crippen LogP contribution in [0.25, 0.3) is 0 Å². The van der Waals surface area contributed by atoms with E-state index in [0.29, 0.717) is 29.8 Å². The van der Waals surface area contributed by atoms with E-state index in [2.05, 4.69) is 43.7 Å². The molecule has 2 heterocycles. The number of benzene rings is 2. The van der Waals surface area contributed by atoms with Gasteiger partial charge in [-0.05, 0) is 74.0 Å². The third-order valence-electron chi connectivity index (χ3n) is 6.88. The van der Waals surface area contributed by atoms with Crippen molar-refractivity contribution in [1.29, 1.82) is 0 Å². The van der Waals surface area contributed by atoms with Crippen LogP contribution in [0, 0.1) is 0 Å². The predicted octanol–water partition coefficient (Wildman–Crippen LogP) is 6.12. The Bertz CT molecular complexity index is 1010. The maximum Gasteiger partial charge on any atom is 0.278 e. The van der Waals surface area contributed by atoms with E-state index in [0.717, 1.165) is 49.3 Å². The van der Waals surface area contributed by atoms with Crippen molar-refractivity contribution in [2.24, 2.45) is 10.2 Å². The highest BCUT2D eigenvalue weighted by atomic mass is 32.2. The zero-order valence-electron chi connectivity index (χ0n) is 19.0. The first-order valence-electron chi connectivity index (χ1n) is 11.9. The SMILES string of the molecule is FC1CC(N2CCC(SN(Cc3ccc(C4=NN=C(C(F)F)C4)cc3)c3ccccc3)CC2)C1. The Morgan fingerprint density at radius 3 is 2.29 bits per heavy atom. The number of likely N-dealkylation sites (tertiary alicyclic amines) is 1. The summed E-state index contributed by atoms with van der Waals surface area (Å²) in [5.41, 5.74) is 3.57. The summed E-state index contributed by atoms with van der Waals surface area (Å²) in [6.45, 7) is 2.82. The van der Waals surface area contributed by atoms with Crippen LogP contribution < -0.4 is 4.31 Å². The van der Waals surface area contributed by atoms with Crippen molar-refractivity contribution in [2.45, 2.75) is 62.5 Å². The molecule has 0 bridgehead atoms. The first kappa shape index (κ1) is 23.4. The van der Waals surface area contributed by atoms with Crippen LogP contribution in [0.2, 0.25) is 0 Å². The van der Waals surface area contributed by atoms with Crippen molar-refractivity contribution in [1.82, 2.24) is 4.90 Å². The number of hydrogen-bond acceptors (Lipinski definition) is 5. The molecule has 8 heteroatoms. The van der Waals surface area contributed by atoms with Gasteiger partial charge in [-0.3, -0.25) is 0 Å². The standard InChI is InChI=1S/C26H29F3N4S/c27-20-14-22(15-20)32-12-10-23(11-13-32)34-33(21-4-2-1-3-5-21)17-18-6-8-19(9-7-18)24-16-25(26(28)29)31-30-24/h1-9,20,22-23,26H,10-17H2. The molecule has 0 unspecified atom stereocenters. The maximum atomic E-state index is 13.2. The van der Waals surface area contributed by atoms with Crippen LogP contribution in [-0.2, 0) is 6.54 Å². The summed E-state index contributed by atoms with van der Waals surface area (Å²) in [4.78, 5) is 2.47. The van der Waals surface area contributed by atoms with E-state index in [-0.39, 0.29) is 12.1 Å². The second-order valence-corrected chi connectivity index (χ2v) is 10.6. The van der Waals surface area contributed by atoms with E-state index in [1.165, 1.54) is 0 Å². The number of piperidine rings is 1. The van der Waals surface area contributed by atoms with E-state index in [4.69, 9.17) is 0 Å². The lowest BCUT2D eigenvalue weighted by Crippen LogP contribution is -2.49. The minimum absolute atomic E-state index is 0.106. The summed E-state index contributed by atoms with van der Waals surface area (Å²) in [6.07, 6.45) is 0.557. The van der Waals surface area contributed by atoms with E-state index >= 15 is 0 Å². The first-order chi connectivity index (χ1) is 16.5. The van der Waals surface area contributed by atoms with E-state index in [1.807, 2.05) is 42.3 Å². The van der Waals surface area contributed by atoms with Crippen LogP contribution >= 0.6 is 11.9 Å². The summed E-state index contributed by atoms with van der Waals surface area (Å²) >= 11 is 1.89. The Balaban J connectivity index is 1.21. The van der Waals surface area contributed by atoms with Crippen molar-refractivity contribution in [2.75, 3.05) is 17.4 Å². The zero-order valence-corrected chi connectivity index (χ0v) is 19.8. The van der Waals surface area contributed by atoms with Crippen molar-refractivity contribution in [3.63, 3.8) is 0 Å². The van der Waals surface area contributed by atoms with E-state index in [9.17, 15) is 13.2 Å². The van der Waals surface area contributed by atoms with Gasteiger partial charge in [0.1, 0.15) is 11.9 Å². The molecular weight excluding hydrogens is 457 g/mol. The molecule has 3 aliphatic rings. The second-order valence-electron chi connectivity index (χ2n) is 9.25. The lowest BCUT2D eigenvalue weighted by Gasteiger charge is -2.43. The highest BCUT2D eigenvalue weighted by molar-refractivity contribution is 8.01. The average molecular weight is 487 g/mol. The van der Waals surface area contributed by atoms with E-state index in [1.54, 1.807) is 0 Å². The molecule has 4 nitrogen and oxygen atoms in total. The lowest BCUT2D eigenvalue weighted by molar-refractivity contribution is 0.0430. The van der Waals surface area contributed by atoms with Crippen LogP contribution in [-0.4, -0.2) is 53.3 Å². The van der Waals surface area contributed by atoms with Gasteiger partial charge in [0.05, 0.1) is 12.3 Å². The monoisotopic (exact) mass is 486 g/mol. The number of rotatable bonds is 8. The number of nitrogens with zero attached hydrogens (tertiary/aromatic N) is 4. The lowest BCUT2D eigenvalue weighted by atomic mass is 9.88. The van der Waals surface area contributed by atoms with Gasteiger partial charge in [0.25, 0.3) is 6.43 Å². The Hall–Kier alpha value is -2.32. The molecule has 0 atom stereocenters. The number of anilines is 1. The Labute approximate surface area is 203 Å². The van der Waals surface area contributed by atoms with Gasteiger partial charge in [0, 0.05) is 23.4 Å². The molecule has 1 saturated carbocycles. The van der Waals surface area contributed by atoms with Crippen molar-refractivity contribution < 1.29 is 13.2 Å². The van der Waals surface area contributed by atoms with Crippen molar-refractivity contribution in [3.8, 4) is 0 Å². The van der Waals surface area contributed by atoms with Gasteiger partial charge >= 0.3 is 0 Å². The second kappa shape index (κ2) is 10.5. The van der Waals surface area contributed by atoms with Crippen LogP contribution in [0.1, 0.15) is 43.2 Å². The molecule has 1 aliphatic carbocycles. The third-order valence-corrected chi connectivity index (χ3v) is 8.25. The molecule has 180 valence electrons. The molecule has 2 fully saturated rings. The van der Waals surface area contributed by atoms with Gasteiger partial charge in [-0.15, -0.1) is 0 Å². The highest BCUT2D eigenvalue weighted by Gasteiger charge is 2.35. The molecule has 0 aromatic heterocycles. The summed E-state index contributed by atoms with van der Waals surface area (Å²) in [5, 5.41) is 8.08. The van der Waals surface area contributed by atoms with Gasteiger partial charge in [-0.25, -0.2) is 13.2 Å². The first-order valence-corrected chi connectivity index (χ1v) is 12.8. The molecular formula is C26H29F3N4S. The third kappa shape index (κ3) is 5.49. The highest BCUT2D eigenvalue weighted by Crippen LogP contribution is 2.36. The van der Waals surface area contributed by atoms with Crippen LogP contribution in [0.4, 0.5) is 18.9 Å². The molecule has 0 amide bonds. The van der Waals surface area contributed by atoms with Gasteiger partial charge < -0.3 is 9.21 Å². The van der Waals surface area contributed by atoms with Gasteiger partial charge in [0.2, 0.25) is 0 Å². The average Bonchev–Trinajstić information content (AvgIpc) is 3.34. The zero-order chi connectivity index (χ0) is 23.5. The Kier molecular flexibility index (Phi) is 7.25. The normalized spacial score (nSPS) is 23.5. The minimum Gasteiger partial charge on any atom is -0.312 e. The van der Waals surface area contributed by atoms with Crippen LogP contribution in [0.15, 0.2) is 64.8 Å². The molecule has 1 saturated heterocycles. The van der Waals surface area contributed by atoms with Crippen molar-refractivity contribution in [3.05, 3.63) is 65.7 Å². The van der Waals surface area contributed by atoms with Gasteiger partial charge in [0.15, 0.2) is 0 Å². The summed E-state index contributed by atoms with van der Waals surface area (Å²) in [5.74, 6) is 0. The predicted molar refractivity (Wildman–Crippen MR) is 134 cm³/mol. The number of para-hydroxylation sites is 1. The maximum absolute atomic E-state index is 13.2. The van der Waals surface area contributed by atoms with Crippen LogP contribution in [0.3, 0.4) is 0 Å². The quantitative estimate of drug-likeness (QED) is 0.421. The number of halogens is 3. The molecule has 5 rings (SSSR count). The smallest absolute Gasteiger partial charge is 0.278 e. The molecule has 0 N–H and O–H groups in total. The van der Waals surface area contributed by atoms with Gasteiger partial charge in [-0.2, -0.15) is 10.2 Å². The summed E-state index contributed by atoms with van der Waals surface area (Å²) in [7, 11) is 0. The summed E-state index contributed by atoms with van der Waals surface area (Å²) in [6, 6.07) is 18.8. The minimum atomic E-state index is -2.56. The topological polar surface area (TPSA) is 31.2 Å². The molecule has 2 aromatic rings. The van der Waals surface area contributed by atoms with Crippen LogP contribution in [0.5, 0.6) is 0 Å². The molecule has 2 aliphatic heterocycles. The fraction of sp³-hybridized carbons (Fsp3) is 0.462. The molecule has 0 spiro atoms. The van der Waals surface area contributed by atoms with Crippen molar-refractivity contribution >= 4 is 29.1 Å². The molecule has 2 aromatic carbocycles. The fourth-order valence-corrected chi connectivity index (χ4v) is 5.99. The largest absolute Gasteiger partial charge is 0.312 e. The molecule has 34 heavy (non-hydrogen) atoms. The number of alkyl halides is 3. The Morgan fingerprint density at radius 2 is 1.68 bits per heavy atom. The fourth-order valence-electron chi connectivity index (χ4n) is 4.75.